The summed E-state index contributed by atoms with van der Waals surface area (Å²) >= 11 is 1.63. The van der Waals surface area contributed by atoms with Crippen LogP contribution in [0.4, 0.5) is 0 Å². The molecule has 0 spiro atoms. The van der Waals surface area contributed by atoms with Crippen molar-refractivity contribution >= 4 is 17.1 Å². The van der Waals surface area contributed by atoms with Gasteiger partial charge in [-0.1, -0.05) is 13.3 Å². The second-order valence-electron chi connectivity index (χ2n) is 3.60. The van der Waals surface area contributed by atoms with Crippen LogP contribution in [0.5, 0.6) is 0 Å². The van der Waals surface area contributed by atoms with E-state index in [1.54, 1.807) is 11.3 Å². The lowest BCUT2D eigenvalue weighted by Gasteiger charge is -2.08. The maximum Gasteiger partial charge on any atom is 0.138 e. The topological polar surface area (TPSA) is 43.1 Å². The van der Waals surface area contributed by atoms with Gasteiger partial charge in [0, 0.05) is 18.9 Å². The van der Waals surface area contributed by atoms with E-state index in [-0.39, 0.29) is 11.8 Å². The Kier molecular flexibility index (Phi) is 4.84. The summed E-state index contributed by atoms with van der Waals surface area (Å²) in [5, 5.41) is 4.01. The van der Waals surface area contributed by atoms with Gasteiger partial charge in [-0.3, -0.25) is 4.79 Å². The first-order valence-corrected chi connectivity index (χ1v) is 5.95. The molecule has 2 nitrogen and oxygen atoms in total. The zero-order valence-electron chi connectivity index (χ0n) is 8.53. The van der Waals surface area contributed by atoms with Crippen LogP contribution in [0.15, 0.2) is 16.8 Å². The first kappa shape index (κ1) is 11.4. The smallest absolute Gasteiger partial charge is 0.138 e. The predicted octanol–water partition coefficient (Wildman–Crippen LogP) is 2.38. The number of nitrogens with two attached hydrogens (primary N) is 1. The SMILES string of the molecule is CCCC(N)CC(=O)Cc1ccsc1. The van der Waals surface area contributed by atoms with E-state index in [2.05, 4.69) is 6.92 Å². The summed E-state index contributed by atoms with van der Waals surface area (Å²) in [4.78, 5) is 11.5. The van der Waals surface area contributed by atoms with E-state index in [9.17, 15) is 4.79 Å². The highest BCUT2D eigenvalue weighted by Gasteiger charge is 2.09. The maximum absolute atomic E-state index is 11.5. The van der Waals surface area contributed by atoms with Crippen LogP contribution in [0.25, 0.3) is 0 Å². The van der Waals surface area contributed by atoms with Crippen LogP contribution < -0.4 is 5.73 Å². The third-order valence-electron chi connectivity index (χ3n) is 2.13. The molecule has 14 heavy (non-hydrogen) atoms. The quantitative estimate of drug-likeness (QED) is 0.785. The van der Waals surface area contributed by atoms with Crippen molar-refractivity contribution in [1.82, 2.24) is 0 Å². The van der Waals surface area contributed by atoms with Crippen molar-refractivity contribution in [2.45, 2.75) is 38.6 Å². The molecule has 1 heterocycles. The standard InChI is InChI=1S/C11H17NOS/c1-2-3-10(12)7-11(13)6-9-4-5-14-8-9/h4-5,8,10H,2-3,6-7,12H2,1H3. The normalized spacial score (nSPS) is 12.7. The molecule has 0 radical (unpaired) electrons. The van der Waals surface area contributed by atoms with Crippen molar-refractivity contribution in [2.75, 3.05) is 0 Å². The average molecular weight is 211 g/mol. The number of Topliss-reactive ketones (excluding diaryl/α,β-unsaturated/α-hetero) is 1. The molecule has 0 aliphatic rings. The largest absolute Gasteiger partial charge is 0.327 e. The van der Waals surface area contributed by atoms with E-state index in [1.165, 1.54) is 0 Å². The molecule has 1 atom stereocenters. The van der Waals surface area contributed by atoms with Gasteiger partial charge in [-0.25, -0.2) is 0 Å². The van der Waals surface area contributed by atoms with Gasteiger partial charge in [0.2, 0.25) is 0 Å². The van der Waals surface area contributed by atoms with E-state index in [0.717, 1.165) is 18.4 Å². The Balaban J connectivity index is 2.29. The Bertz CT molecular complexity index is 269. The molecule has 0 saturated carbocycles. The van der Waals surface area contributed by atoms with Gasteiger partial charge in [0.05, 0.1) is 0 Å². The van der Waals surface area contributed by atoms with Crippen molar-refractivity contribution in [3.63, 3.8) is 0 Å². The van der Waals surface area contributed by atoms with Crippen LogP contribution in [-0.2, 0) is 11.2 Å². The molecule has 1 rings (SSSR count). The Morgan fingerprint density at radius 1 is 1.64 bits per heavy atom. The predicted molar refractivity (Wildman–Crippen MR) is 60.5 cm³/mol. The summed E-state index contributed by atoms with van der Waals surface area (Å²) < 4.78 is 0. The van der Waals surface area contributed by atoms with Crippen LogP contribution >= 0.6 is 11.3 Å². The zero-order valence-corrected chi connectivity index (χ0v) is 9.35. The van der Waals surface area contributed by atoms with Crippen LogP contribution in [-0.4, -0.2) is 11.8 Å². The molecule has 0 saturated heterocycles. The fourth-order valence-electron chi connectivity index (χ4n) is 1.46. The molecule has 78 valence electrons. The molecule has 0 amide bonds. The van der Waals surface area contributed by atoms with E-state index in [4.69, 9.17) is 5.73 Å². The number of thiophene rings is 1. The highest BCUT2D eigenvalue weighted by Crippen LogP contribution is 2.09. The third kappa shape index (κ3) is 4.03. The number of hydrogen-bond acceptors (Lipinski definition) is 3. The fraction of sp³-hybridized carbons (Fsp3) is 0.545. The summed E-state index contributed by atoms with van der Waals surface area (Å²) in [6.07, 6.45) is 3.05. The number of ketones is 1. The Morgan fingerprint density at radius 3 is 3.00 bits per heavy atom. The molecule has 0 aliphatic carbocycles. The maximum atomic E-state index is 11.5. The molecule has 0 aromatic carbocycles. The van der Waals surface area contributed by atoms with E-state index in [1.807, 2.05) is 16.8 Å². The van der Waals surface area contributed by atoms with E-state index < -0.39 is 0 Å². The first-order valence-electron chi connectivity index (χ1n) is 5.00. The number of carbonyl (C=O) groups excluding carboxylic acids is 1. The van der Waals surface area contributed by atoms with E-state index in [0.29, 0.717) is 12.8 Å². The summed E-state index contributed by atoms with van der Waals surface area (Å²) in [6.45, 7) is 2.09. The van der Waals surface area contributed by atoms with Gasteiger partial charge in [0.1, 0.15) is 5.78 Å². The molecule has 2 N–H and O–H groups in total. The molecule has 0 fully saturated rings. The second kappa shape index (κ2) is 5.94. The Morgan fingerprint density at radius 2 is 2.43 bits per heavy atom. The molecule has 0 aliphatic heterocycles. The van der Waals surface area contributed by atoms with Crippen LogP contribution in [0, 0.1) is 0 Å². The van der Waals surface area contributed by atoms with Gasteiger partial charge < -0.3 is 5.73 Å². The van der Waals surface area contributed by atoms with Gasteiger partial charge in [-0.2, -0.15) is 11.3 Å². The minimum absolute atomic E-state index is 0.0473. The fourth-order valence-corrected chi connectivity index (χ4v) is 2.13. The highest BCUT2D eigenvalue weighted by atomic mass is 32.1. The molecule has 1 aromatic heterocycles. The number of rotatable bonds is 6. The van der Waals surface area contributed by atoms with Crippen molar-refractivity contribution < 1.29 is 4.79 Å². The van der Waals surface area contributed by atoms with Gasteiger partial charge in [0.15, 0.2) is 0 Å². The molecular weight excluding hydrogens is 194 g/mol. The van der Waals surface area contributed by atoms with E-state index >= 15 is 0 Å². The minimum atomic E-state index is 0.0473. The van der Waals surface area contributed by atoms with Gasteiger partial charge in [-0.05, 0) is 28.8 Å². The Labute approximate surface area is 89.1 Å². The molecule has 1 aromatic rings. The molecule has 0 bridgehead atoms. The molecule has 3 heteroatoms. The lowest BCUT2D eigenvalue weighted by Crippen LogP contribution is -2.24. The summed E-state index contributed by atoms with van der Waals surface area (Å²) in [6, 6.07) is 2.04. The van der Waals surface area contributed by atoms with Crippen LogP contribution in [0.3, 0.4) is 0 Å². The molecular formula is C11H17NOS. The van der Waals surface area contributed by atoms with Crippen molar-refractivity contribution in [1.29, 1.82) is 0 Å². The van der Waals surface area contributed by atoms with Gasteiger partial charge in [-0.15, -0.1) is 0 Å². The first-order chi connectivity index (χ1) is 6.72. The van der Waals surface area contributed by atoms with Crippen LogP contribution in [0.1, 0.15) is 31.7 Å². The third-order valence-corrected chi connectivity index (χ3v) is 2.86. The summed E-state index contributed by atoms with van der Waals surface area (Å²) in [5.41, 5.74) is 6.91. The average Bonchev–Trinajstić information content (AvgIpc) is 2.56. The highest BCUT2D eigenvalue weighted by molar-refractivity contribution is 7.07. The summed E-state index contributed by atoms with van der Waals surface area (Å²) in [5.74, 6) is 0.254. The van der Waals surface area contributed by atoms with Crippen molar-refractivity contribution in [2.24, 2.45) is 5.73 Å². The zero-order chi connectivity index (χ0) is 10.4. The number of hydrogen-bond donors (Lipinski definition) is 1. The monoisotopic (exact) mass is 211 g/mol. The van der Waals surface area contributed by atoms with Gasteiger partial charge >= 0.3 is 0 Å². The Hall–Kier alpha value is -0.670. The van der Waals surface area contributed by atoms with Gasteiger partial charge in [0.25, 0.3) is 0 Å². The van der Waals surface area contributed by atoms with Crippen molar-refractivity contribution in [3.8, 4) is 0 Å². The van der Waals surface area contributed by atoms with Crippen LogP contribution in [0.2, 0.25) is 0 Å². The minimum Gasteiger partial charge on any atom is -0.327 e. The lowest BCUT2D eigenvalue weighted by molar-refractivity contribution is -0.118. The van der Waals surface area contributed by atoms with Crippen molar-refractivity contribution in [3.05, 3.63) is 22.4 Å². The second-order valence-corrected chi connectivity index (χ2v) is 4.38. The number of carbonyl (C=O) groups is 1. The lowest BCUT2D eigenvalue weighted by atomic mass is 10.0. The molecule has 1 unspecified atom stereocenters. The summed E-state index contributed by atoms with van der Waals surface area (Å²) in [7, 11) is 0.